The molecule has 26 heavy (non-hydrogen) atoms. The molecule has 134 valence electrons. The van der Waals surface area contributed by atoms with Crippen LogP contribution < -0.4 is 0 Å². The third-order valence-electron chi connectivity index (χ3n) is 4.88. The van der Waals surface area contributed by atoms with E-state index in [1.165, 1.54) is 0 Å². The fourth-order valence-corrected chi connectivity index (χ4v) is 3.34. The Labute approximate surface area is 150 Å². The topological polar surface area (TPSA) is 58.4 Å². The van der Waals surface area contributed by atoms with Gasteiger partial charge in [0.15, 0.2) is 0 Å². The average Bonchev–Trinajstić information content (AvgIpc) is 3.11. The molecule has 0 bridgehead atoms. The lowest BCUT2D eigenvalue weighted by Gasteiger charge is -2.28. The van der Waals surface area contributed by atoms with Crippen LogP contribution in [0, 0.1) is 0 Å². The van der Waals surface area contributed by atoms with Gasteiger partial charge < -0.3 is 14.6 Å². The first-order chi connectivity index (χ1) is 12.7. The molecule has 1 saturated heterocycles. The molecule has 5 nitrogen and oxygen atoms in total. The van der Waals surface area contributed by atoms with Crippen LogP contribution in [-0.4, -0.2) is 44.7 Å². The molecule has 2 aromatic heterocycles. The summed E-state index contributed by atoms with van der Waals surface area (Å²) in [4.78, 5) is 18.8. The summed E-state index contributed by atoms with van der Waals surface area (Å²) < 4.78 is 15.2. The lowest BCUT2D eigenvalue weighted by Crippen LogP contribution is -2.39. The number of carbonyl (C=O) groups is 1. The SMILES string of the molecule is O=C(c1cnc2c(ccn2-c2ccc(CO)cc2)c1)N1CCC(F)CC1. The Morgan fingerprint density at radius 2 is 1.92 bits per heavy atom. The number of carbonyl (C=O) groups excluding carboxylic acids is 1. The Morgan fingerprint density at radius 1 is 1.19 bits per heavy atom. The summed E-state index contributed by atoms with van der Waals surface area (Å²) in [7, 11) is 0. The summed E-state index contributed by atoms with van der Waals surface area (Å²) in [6.45, 7) is 0.919. The third kappa shape index (κ3) is 3.08. The van der Waals surface area contributed by atoms with Crippen molar-refractivity contribution in [2.24, 2.45) is 0 Å². The van der Waals surface area contributed by atoms with E-state index in [9.17, 15) is 9.18 Å². The van der Waals surface area contributed by atoms with Crippen molar-refractivity contribution in [1.29, 1.82) is 0 Å². The quantitative estimate of drug-likeness (QED) is 0.787. The number of amides is 1. The van der Waals surface area contributed by atoms with E-state index in [-0.39, 0.29) is 12.5 Å². The highest BCUT2D eigenvalue weighted by Gasteiger charge is 2.23. The zero-order valence-electron chi connectivity index (χ0n) is 14.3. The first kappa shape index (κ1) is 16.7. The molecule has 3 aromatic rings. The van der Waals surface area contributed by atoms with Crippen molar-refractivity contribution in [2.45, 2.75) is 25.6 Å². The molecule has 0 spiro atoms. The van der Waals surface area contributed by atoms with Crippen molar-refractivity contribution >= 4 is 16.9 Å². The van der Waals surface area contributed by atoms with E-state index in [4.69, 9.17) is 5.11 Å². The monoisotopic (exact) mass is 353 g/mol. The van der Waals surface area contributed by atoms with Crippen molar-refractivity contribution < 1.29 is 14.3 Å². The normalized spacial score (nSPS) is 15.5. The largest absolute Gasteiger partial charge is 0.392 e. The Morgan fingerprint density at radius 3 is 2.62 bits per heavy atom. The van der Waals surface area contributed by atoms with Gasteiger partial charge in [-0.3, -0.25) is 4.79 Å². The number of rotatable bonds is 3. The van der Waals surface area contributed by atoms with E-state index in [1.807, 2.05) is 47.2 Å². The summed E-state index contributed by atoms with van der Waals surface area (Å²) in [6.07, 6.45) is 3.51. The van der Waals surface area contributed by atoms with E-state index in [0.717, 1.165) is 22.3 Å². The zero-order chi connectivity index (χ0) is 18.1. The fourth-order valence-electron chi connectivity index (χ4n) is 3.34. The van der Waals surface area contributed by atoms with Gasteiger partial charge in [-0.25, -0.2) is 9.37 Å². The first-order valence-electron chi connectivity index (χ1n) is 8.76. The molecule has 1 amide bonds. The number of halogens is 1. The van der Waals surface area contributed by atoms with Gasteiger partial charge in [0.1, 0.15) is 11.8 Å². The standard InChI is InChI=1S/C20H20FN3O2/c21-17-6-8-23(9-7-17)20(26)16-11-15-5-10-24(19(15)22-12-16)18-3-1-14(13-25)2-4-18/h1-5,10-12,17,25H,6-9,13H2. The highest BCUT2D eigenvalue weighted by atomic mass is 19.1. The molecular formula is C20H20FN3O2. The van der Waals surface area contributed by atoms with Gasteiger partial charge in [0.2, 0.25) is 0 Å². The molecule has 0 saturated carbocycles. The summed E-state index contributed by atoms with van der Waals surface area (Å²) in [5.41, 5.74) is 3.08. The molecular weight excluding hydrogens is 333 g/mol. The van der Waals surface area contributed by atoms with Crippen molar-refractivity contribution in [2.75, 3.05) is 13.1 Å². The van der Waals surface area contributed by atoms with Crippen molar-refractivity contribution in [3.63, 3.8) is 0 Å². The van der Waals surface area contributed by atoms with Gasteiger partial charge in [-0.2, -0.15) is 0 Å². The van der Waals surface area contributed by atoms with E-state index < -0.39 is 6.17 Å². The highest BCUT2D eigenvalue weighted by Crippen LogP contribution is 2.22. The van der Waals surface area contributed by atoms with E-state index >= 15 is 0 Å². The number of benzene rings is 1. The number of hydrogen-bond donors (Lipinski definition) is 1. The predicted molar refractivity (Wildman–Crippen MR) is 97.0 cm³/mol. The number of pyridine rings is 1. The summed E-state index contributed by atoms with van der Waals surface area (Å²) in [5.74, 6) is -0.0913. The lowest BCUT2D eigenvalue weighted by atomic mass is 10.1. The van der Waals surface area contributed by atoms with E-state index in [1.54, 1.807) is 11.1 Å². The predicted octanol–water partition coefficient (Wildman–Crippen LogP) is 3.09. The van der Waals surface area contributed by atoms with E-state index in [0.29, 0.717) is 31.5 Å². The second-order valence-electron chi connectivity index (χ2n) is 6.61. The number of aliphatic hydroxyl groups excluding tert-OH is 1. The Bertz CT molecular complexity index is 928. The molecule has 0 aliphatic carbocycles. The Hall–Kier alpha value is -2.73. The van der Waals surface area contributed by atoms with Crippen molar-refractivity contribution in [3.05, 3.63) is 59.9 Å². The van der Waals surface area contributed by atoms with Crippen LogP contribution in [0.15, 0.2) is 48.8 Å². The number of likely N-dealkylation sites (tertiary alicyclic amines) is 1. The maximum absolute atomic E-state index is 13.3. The van der Waals surface area contributed by atoms with Gasteiger partial charge in [0.05, 0.1) is 12.2 Å². The van der Waals surface area contributed by atoms with Gasteiger partial charge >= 0.3 is 0 Å². The van der Waals surface area contributed by atoms with Crippen LogP contribution >= 0.6 is 0 Å². The third-order valence-corrected chi connectivity index (χ3v) is 4.88. The molecule has 1 aliphatic rings. The Balaban J connectivity index is 1.61. The fraction of sp³-hybridized carbons (Fsp3) is 0.300. The number of piperidine rings is 1. The van der Waals surface area contributed by atoms with Crippen LogP contribution in [0.25, 0.3) is 16.7 Å². The minimum Gasteiger partial charge on any atom is -0.392 e. The molecule has 4 rings (SSSR count). The minimum absolute atomic E-state index is 0.0100. The Kier molecular flexibility index (Phi) is 4.42. The number of fused-ring (bicyclic) bond motifs is 1. The molecule has 0 radical (unpaired) electrons. The van der Waals surface area contributed by atoms with Crippen LogP contribution in [-0.2, 0) is 6.61 Å². The second kappa shape index (κ2) is 6.88. The molecule has 1 aromatic carbocycles. The van der Waals surface area contributed by atoms with Crippen LogP contribution in [0.3, 0.4) is 0 Å². The van der Waals surface area contributed by atoms with Crippen molar-refractivity contribution in [3.8, 4) is 5.69 Å². The molecule has 6 heteroatoms. The lowest BCUT2D eigenvalue weighted by molar-refractivity contribution is 0.0667. The second-order valence-corrected chi connectivity index (χ2v) is 6.61. The molecule has 3 heterocycles. The summed E-state index contributed by atoms with van der Waals surface area (Å²) in [5, 5.41) is 10.0. The van der Waals surface area contributed by atoms with Crippen LogP contribution in [0.5, 0.6) is 0 Å². The van der Waals surface area contributed by atoms with Crippen LogP contribution in [0.4, 0.5) is 4.39 Å². The molecule has 0 atom stereocenters. The van der Waals surface area contributed by atoms with Gasteiger partial charge in [0.25, 0.3) is 5.91 Å². The molecule has 1 fully saturated rings. The minimum atomic E-state index is -0.800. The maximum Gasteiger partial charge on any atom is 0.255 e. The molecule has 1 aliphatic heterocycles. The highest BCUT2D eigenvalue weighted by molar-refractivity contribution is 5.97. The molecule has 1 N–H and O–H groups in total. The molecule has 0 unspecified atom stereocenters. The number of hydrogen-bond acceptors (Lipinski definition) is 3. The van der Waals surface area contributed by atoms with Crippen LogP contribution in [0.1, 0.15) is 28.8 Å². The number of nitrogens with zero attached hydrogens (tertiary/aromatic N) is 3. The number of aliphatic hydroxyl groups is 1. The zero-order valence-corrected chi connectivity index (χ0v) is 14.3. The number of alkyl halides is 1. The van der Waals surface area contributed by atoms with Gasteiger partial charge in [0, 0.05) is 36.6 Å². The number of aromatic nitrogens is 2. The van der Waals surface area contributed by atoms with Crippen molar-refractivity contribution in [1.82, 2.24) is 14.5 Å². The summed E-state index contributed by atoms with van der Waals surface area (Å²) >= 11 is 0. The average molecular weight is 353 g/mol. The van der Waals surface area contributed by atoms with Crippen LogP contribution in [0.2, 0.25) is 0 Å². The summed E-state index contributed by atoms with van der Waals surface area (Å²) in [6, 6.07) is 11.3. The maximum atomic E-state index is 13.3. The van der Waals surface area contributed by atoms with Gasteiger partial charge in [-0.1, -0.05) is 12.1 Å². The first-order valence-corrected chi connectivity index (χ1v) is 8.76. The van der Waals surface area contributed by atoms with E-state index in [2.05, 4.69) is 4.98 Å². The van der Waals surface area contributed by atoms with Gasteiger partial charge in [-0.15, -0.1) is 0 Å². The van der Waals surface area contributed by atoms with Gasteiger partial charge in [-0.05, 0) is 42.7 Å². The smallest absolute Gasteiger partial charge is 0.255 e.